The summed E-state index contributed by atoms with van der Waals surface area (Å²) in [4.78, 5) is 9.91. The van der Waals surface area contributed by atoms with Gasteiger partial charge in [-0.1, -0.05) is 13.8 Å². The molecular formula is C20H42IN5O2. The number of morpholine rings is 2. The van der Waals surface area contributed by atoms with Crippen molar-refractivity contribution in [3.8, 4) is 0 Å². The van der Waals surface area contributed by atoms with E-state index in [-0.39, 0.29) is 24.0 Å². The van der Waals surface area contributed by atoms with Crippen LogP contribution in [-0.4, -0.2) is 101 Å². The molecule has 7 nitrogen and oxygen atoms in total. The average Bonchev–Trinajstić information content (AvgIpc) is 2.69. The lowest BCUT2D eigenvalue weighted by atomic mass is 10.0. The second-order valence-corrected chi connectivity index (χ2v) is 7.77. The van der Waals surface area contributed by atoms with Gasteiger partial charge in [0, 0.05) is 45.3 Å². The van der Waals surface area contributed by atoms with Crippen LogP contribution < -0.4 is 10.6 Å². The van der Waals surface area contributed by atoms with Crippen molar-refractivity contribution in [2.24, 2.45) is 10.9 Å². The van der Waals surface area contributed by atoms with Gasteiger partial charge in [0.1, 0.15) is 0 Å². The molecule has 0 saturated carbocycles. The van der Waals surface area contributed by atoms with E-state index in [1.54, 1.807) is 0 Å². The Bertz CT molecular complexity index is 413. The van der Waals surface area contributed by atoms with Crippen molar-refractivity contribution < 1.29 is 9.47 Å². The summed E-state index contributed by atoms with van der Waals surface area (Å²) in [5.41, 5.74) is 0. The number of guanidine groups is 1. The Kier molecular flexibility index (Phi) is 14.5. The highest BCUT2D eigenvalue weighted by atomic mass is 127. The molecule has 1 atom stereocenters. The molecule has 0 radical (unpaired) electrons. The molecule has 2 heterocycles. The van der Waals surface area contributed by atoms with Crippen molar-refractivity contribution in [1.29, 1.82) is 0 Å². The third-order valence-corrected chi connectivity index (χ3v) is 5.36. The zero-order valence-corrected chi connectivity index (χ0v) is 20.5. The van der Waals surface area contributed by atoms with Crippen LogP contribution in [0, 0.1) is 5.92 Å². The Morgan fingerprint density at radius 3 is 2.21 bits per heavy atom. The van der Waals surface area contributed by atoms with Gasteiger partial charge in [0.25, 0.3) is 0 Å². The summed E-state index contributed by atoms with van der Waals surface area (Å²) in [5.74, 6) is 1.53. The molecule has 1 unspecified atom stereocenters. The maximum atomic E-state index is 5.50. The molecule has 2 rings (SSSR count). The van der Waals surface area contributed by atoms with Crippen molar-refractivity contribution in [2.45, 2.75) is 39.7 Å². The summed E-state index contributed by atoms with van der Waals surface area (Å²) >= 11 is 0. The first-order valence-corrected chi connectivity index (χ1v) is 10.8. The smallest absolute Gasteiger partial charge is 0.191 e. The highest BCUT2D eigenvalue weighted by molar-refractivity contribution is 14.0. The minimum absolute atomic E-state index is 0. The summed E-state index contributed by atoms with van der Waals surface area (Å²) in [6.45, 7) is 18.2. The number of rotatable bonds is 10. The van der Waals surface area contributed by atoms with Crippen molar-refractivity contribution in [3.05, 3.63) is 0 Å². The molecule has 0 aliphatic carbocycles. The Hall–Kier alpha value is -0.160. The fourth-order valence-electron chi connectivity index (χ4n) is 3.68. The number of aliphatic imine (C=N–C) groups is 1. The molecule has 0 aromatic heterocycles. The monoisotopic (exact) mass is 511 g/mol. The van der Waals surface area contributed by atoms with Gasteiger partial charge in [0.15, 0.2) is 5.96 Å². The fraction of sp³-hybridized carbons (Fsp3) is 0.950. The molecule has 2 aliphatic heterocycles. The molecule has 2 saturated heterocycles. The van der Waals surface area contributed by atoms with Gasteiger partial charge < -0.3 is 20.1 Å². The topological polar surface area (TPSA) is 61.4 Å². The Labute approximate surface area is 189 Å². The van der Waals surface area contributed by atoms with E-state index in [9.17, 15) is 0 Å². The van der Waals surface area contributed by atoms with Crippen molar-refractivity contribution in [2.75, 3.05) is 78.8 Å². The minimum Gasteiger partial charge on any atom is -0.379 e. The third kappa shape index (κ3) is 10.0. The number of nitrogens with one attached hydrogen (secondary N) is 2. The predicted molar refractivity (Wildman–Crippen MR) is 127 cm³/mol. The molecular weight excluding hydrogens is 469 g/mol. The maximum absolute atomic E-state index is 5.50. The summed E-state index contributed by atoms with van der Waals surface area (Å²) in [6.07, 6.45) is 2.38. The summed E-state index contributed by atoms with van der Waals surface area (Å²) in [7, 11) is 0. The van der Waals surface area contributed by atoms with Crippen LogP contribution in [0.3, 0.4) is 0 Å². The number of halogens is 1. The van der Waals surface area contributed by atoms with Gasteiger partial charge in [-0.3, -0.25) is 14.8 Å². The van der Waals surface area contributed by atoms with E-state index in [1.165, 1.54) is 19.4 Å². The molecule has 0 aromatic carbocycles. The van der Waals surface area contributed by atoms with E-state index < -0.39 is 0 Å². The molecule has 2 aliphatic rings. The van der Waals surface area contributed by atoms with Crippen LogP contribution in [0.5, 0.6) is 0 Å². The molecule has 0 spiro atoms. The second kappa shape index (κ2) is 15.6. The van der Waals surface area contributed by atoms with Crippen LogP contribution in [0.2, 0.25) is 0 Å². The molecule has 166 valence electrons. The van der Waals surface area contributed by atoms with Crippen LogP contribution in [0.25, 0.3) is 0 Å². The van der Waals surface area contributed by atoms with E-state index in [0.717, 1.165) is 78.2 Å². The first kappa shape index (κ1) is 25.9. The number of unbranched alkanes of at least 4 members (excludes halogenated alkanes) is 1. The SMILES string of the molecule is CCNC(=NCC(C(C)C)N1CCOCC1)NCCCCN1CCOCC1.I. The van der Waals surface area contributed by atoms with Gasteiger partial charge in [-0.25, -0.2) is 0 Å². The highest BCUT2D eigenvalue weighted by Crippen LogP contribution is 2.13. The average molecular weight is 511 g/mol. The zero-order valence-electron chi connectivity index (χ0n) is 18.1. The standard InChI is InChI=1S/C20H41N5O2.HI/c1-4-21-20(22-7-5-6-8-24-9-13-26-14-10-24)23-17-19(18(2)3)25-11-15-27-16-12-25;/h18-19H,4-17H2,1-3H3,(H2,21,22,23);1H. The Balaban J connectivity index is 0.00000392. The van der Waals surface area contributed by atoms with Crippen LogP contribution >= 0.6 is 24.0 Å². The lowest BCUT2D eigenvalue weighted by Gasteiger charge is -2.36. The molecule has 0 aromatic rings. The summed E-state index contributed by atoms with van der Waals surface area (Å²) < 4.78 is 10.9. The number of hydrogen-bond acceptors (Lipinski definition) is 5. The molecule has 8 heteroatoms. The van der Waals surface area contributed by atoms with Gasteiger partial charge in [-0.2, -0.15) is 0 Å². The van der Waals surface area contributed by atoms with Crippen molar-refractivity contribution in [3.63, 3.8) is 0 Å². The van der Waals surface area contributed by atoms with Gasteiger partial charge in [-0.05, 0) is 32.2 Å². The molecule has 0 bridgehead atoms. The Morgan fingerprint density at radius 2 is 1.61 bits per heavy atom. The van der Waals surface area contributed by atoms with Gasteiger partial charge in [-0.15, -0.1) is 24.0 Å². The van der Waals surface area contributed by atoms with Crippen LogP contribution in [-0.2, 0) is 9.47 Å². The predicted octanol–water partition coefficient (Wildman–Crippen LogP) is 1.63. The maximum Gasteiger partial charge on any atom is 0.191 e. The molecule has 28 heavy (non-hydrogen) atoms. The number of ether oxygens (including phenoxy) is 2. The fourth-order valence-corrected chi connectivity index (χ4v) is 3.68. The van der Waals surface area contributed by atoms with E-state index in [1.807, 2.05) is 0 Å². The largest absolute Gasteiger partial charge is 0.379 e. The lowest BCUT2D eigenvalue weighted by molar-refractivity contribution is 0.00867. The zero-order chi connectivity index (χ0) is 19.3. The quantitative estimate of drug-likeness (QED) is 0.201. The first-order chi connectivity index (χ1) is 13.2. The van der Waals surface area contributed by atoms with Crippen molar-refractivity contribution >= 4 is 29.9 Å². The Morgan fingerprint density at radius 1 is 0.964 bits per heavy atom. The van der Waals surface area contributed by atoms with Gasteiger partial charge in [0.2, 0.25) is 0 Å². The molecule has 2 fully saturated rings. The molecule has 0 amide bonds. The highest BCUT2D eigenvalue weighted by Gasteiger charge is 2.23. The van der Waals surface area contributed by atoms with Crippen LogP contribution in [0.4, 0.5) is 0 Å². The van der Waals surface area contributed by atoms with E-state index in [0.29, 0.717) is 12.0 Å². The third-order valence-electron chi connectivity index (χ3n) is 5.36. The van der Waals surface area contributed by atoms with E-state index in [4.69, 9.17) is 14.5 Å². The first-order valence-electron chi connectivity index (χ1n) is 10.8. The van der Waals surface area contributed by atoms with E-state index in [2.05, 4.69) is 41.2 Å². The van der Waals surface area contributed by atoms with E-state index >= 15 is 0 Å². The van der Waals surface area contributed by atoms with Gasteiger partial charge >= 0.3 is 0 Å². The van der Waals surface area contributed by atoms with Crippen LogP contribution in [0.1, 0.15) is 33.6 Å². The minimum atomic E-state index is 0. The van der Waals surface area contributed by atoms with Crippen LogP contribution in [0.15, 0.2) is 4.99 Å². The number of hydrogen-bond donors (Lipinski definition) is 2. The summed E-state index contributed by atoms with van der Waals surface area (Å²) in [5, 5.41) is 6.90. The second-order valence-electron chi connectivity index (χ2n) is 7.77. The van der Waals surface area contributed by atoms with Crippen molar-refractivity contribution in [1.82, 2.24) is 20.4 Å². The summed E-state index contributed by atoms with van der Waals surface area (Å²) in [6, 6.07) is 0.477. The normalized spacial score (nSPS) is 20.6. The molecule has 2 N–H and O–H groups in total. The lowest BCUT2D eigenvalue weighted by Crippen LogP contribution is -2.48. The van der Waals surface area contributed by atoms with Gasteiger partial charge in [0.05, 0.1) is 33.0 Å². The number of nitrogens with zero attached hydrogens (tertiary/aromatic N) is 3.